The lowest BCUT2D eigenvalue weighted by Crippen LogP contribution is -2.41. The van der Waals surface area contributed by atoms with Crippen LogP contribution in [0.3, 0.4) is 0 Å². The van der Waals surface area contributed by atoms with Crippen LogP contribution in [-0.4, -0.2) is 17.0 Å². The molecule has 1 fully saturated rings. The first kappa shape index (κ1) is 12.2. The molecule has 0 radical (unpaired) electrons. The molecule has 1 aliphatic rings. The summed E-state index contributed by atoms with van der Waals surface area (Å²) in [6, 6.07) is 4.00. The van der Waals surface area contributed by atoms with Crippen LogP contribution in [0, 0.1) is 5.41 Å². The van der Waals surface area contributed by atoms with Gasteiger partial charge < -0.3 is 15.6 Å². The molecule has 0 bridgehead atoms. The molecule has 1 saturated carbocycles. The number of nitrogens with two attached hydrogens (primary N) is 1. The second-order valence-corrected chi connectivity index (χ2v) is 5.12. The zero-order chi connectivity index (χ0) is 12.3. The standard InChI is InChI=1S/C13H21N3O/c1-16-7-2-4-11(16)9-15-12(17)8-13(10-14)5-3-6-13/h2,4,7H,3,5-6,8-10,14H2,1H3,(H,15,17). The van der Waals surface area contributed by atoms with Crippen molar-refractivity contribution in [2.45, 2.75) is 32.2 Å². The number of amides is 1. The lowest BCUT2D eigenvalue weighted by Gasteiger charge is -2.40. The van der Waals surface area contributed by atoms with Crippen LogP contribution in [0.1, 0.15) is 31.4 Å². The van der Waals surface area contributed by atoms with Crippen LogP contribution in [0.4, 0.5) is 0 Å². The van der Waals surface area contributed by atoms with Crippen molar-refractivity contribution >= 4 is 5.91 Å². The molecule has 3 N–H and O–H groups in total. The molecule has 1 aromatic heterocycles. The number of rotatable bonds is 5. The SMILES string of the molecule is Cn1cccc1CNC(=O)CC1(CN)CCC1. The minimum atomic E-state index is 0.0955. The fourth-order valence-corrected chi connectivity index (χ4v) is 2.40. The number of nitrogens with zero attached hydrogens (tertiary/aromatic N) is 1. The highest BCUT2D eigenvalue weighted by atomic mass is 16.1. The zero-order valence-electron chi connectivity index (χ0n) is 10.4. The number of hydrogen-bond donors (Lipinski definition) is 2. The highest BCUT2D eigenvalue weighted by molar-refractivity contribution is 5.76. The van der Waals surface area contributed by atoms with Crippen LogP contribution < -0.4 is 11.1 Å². The average Bonchev–Trinajstić information content (AvgIpc) is 2.67. The number of nitrogens with one attached hydrogen (secondary N) is 1. The number of carbonyl (C=O) groups excluding carboxylic acids is 1. The summed E-state index contributed by atoms with van der Waals surface area (Å²) in [5.74, 6) is 0.122. The van der Waals surface area contributed by atoms with E-state index in [0.717, 1.165) is 18.5 Å². The Bertz CT molecular complexity index is 388. The van der Waals surface area contributed by atoms with Crippen LogP contribution in [0.5, 0.6) is 0 Å². The highest BCUT2D eigenvalue weighted by Gasteiger charge is 2.37. The minimum Gasteiger partial charge on any atom is -0.353 e. The Hall–Kier alpha value is -1.29. The van der Waals surface area contributed by atoms with Gasteiger partial charge in [0.25, 0.3) is 0 Å². The van der Waals surface area contributed by atoms with Gasteiger partial charge in [0.15, 0.2) is 0 Å². The van der Waals surface area contributed by atoms with Crippen molar-refractivity contribution in [1.29, 1.82) is 0 Å². The maximum atomic E-state index is 11.8. The lowest BCUT2D eigenvalue weighted by molar-refractivity contribution is -0.124. The molecular weight excluding hydrogens is 214 g/mol. The molecule has 0 unspecified atom stereocenters. The van der Waals surface area contributed by atoms with Crippen molar-refractivity contribution in [3.63, 3.8) is 0 Å². The Balaban J connectivity index is 1.80. The first-order valence-corrected chi connectivity index (χ1v) is 6.22. The molecule has 4 nitrogen and oxygen atoms in total. The Labute approximate surface area is 102 Å². The maximum absolute atomic E-state index is 11.8. The van der Waals surface area contributed by atoms with Gasteiger partial charge in [0, 0.05) is 25.4 Å². The third-order valence-corrected chi connectivity index (χ3v) is 3.90. The number of hydrogen-bond acceptors (Lipinski definition) is 2. The molecule has 2 rings (SSSR count). The molecule has 1 amide bonds. The van der Waals surface area contributed by atoms with E-state index in [1.165, 1.54) is 6.42 Å². The van der Waals surface area contributed by atoms with Gasteiger partial charge in [-0.15, -0.1) is 0 Å². The Morgan fingerprint density at radius 2 is 2.35 bits per heavy atom. The van der Waals surface area contributed by atoms with Gasteiger partial charge in [0.1, 0.15) is 0 Å². The molecular formula is C13H21N3O. The summed E-state index contributed by atoms with van der Waals surface area (Å²) in [6.45, 7) is 1.23. The Morgan fingerprint density at radius 3 is 2.82 bits per heavy atom. The molecule has 0 saturated heterocycles. The fourth-order valence-electron chi connectivity index (χ4n) is 2.40. The Morgan fingerprint density at radius 1 is 1.59 bits per heavy atom. The topological polar surface area (TPSA) is 60.0 Å². The van der Waals surface area contributed by atoms with E-state index in [1.54, 1.807) is 0 Å². The van der Waals surface area contributed by atoms with Gasteiger partial charge >= 0.3 is 0 Å². The van der Waals surface area contributed by atoms with E-state index < -0.39 is 0 Å². The van der Waals surface area contributed by atoms with Gasteiger partial charge in [-0.05, 0) is 36.9 Å². The van der Waals surface area contributed by atoms with E-state index >= 15 is 0 Å². The first-order valence-electron chi connectivity index (χ1n) is 6.22. The second kappa shape index (κ2) is 4.92. The van der Waals surface area contributed by atoms with Crippen molar-refractivity contribution in [3.05, 3.63) is 24.0 Å². The van der Waals surface area contributed by atoms with Crippen LogP contribution in [0.25, 0.3) is 0 Å². The first-order chi connectivity index (χ1) is 8.15. The normalized spacial score (nSPS) is 17.5. The molecule has 1 heterocycles. The molecule has 0 aliphatic heterocycles. The van der Waals surface area contributed by atoms with E-state index in [2.05, 4.69) is 5.32 Å². The summed E-state index contributed by atoms with van der Waals surface area (Å²) in [5.41, 5.74) is 6.96. The van der Waals surface area contributed by atoms with Crippen molar-refractivity contribution in [2.75, 3.05) is 6.54 Å². The summed E-state index contributed by atoms with van der Waals surface area (Å²) < 4.78 is 2.02. The number of carbonyl (C=O) groups is 1. The smallest absolute Gasteiger partial charge is 0.220 e. The van der Waals surface area contributed by atoms with E-state index in [0.29, 0.717) is 19.5 Å². The largest absolute Gasteiger partial charge is 0.353 e. The van der Waals surface area contributed by atoms with Gasteiger partial charge in [-0.3, -0.25) is 4.79 Å². The molecule has 0 spiro atoms. The number of aromatic nitrogens is 1. The van der Waals surface area contributed by atoms with Crippen LogP contribution in [-0.2, 0) is 18.4 Å². The van der Waals surface area contributed by atoms with Gasteiger partial charge in [0.05, 0.1) is 6.54 Å². The third-order valence-electron chi connectivity index (χ3n) is 3.90. The molecule has 17 heavy (non-hydrogen) atoms. The van der Waals surface area contributed by atoms with Crippen molar-refractivity contribution in [1.82, 2.24) is 9.88 Å². The second-order valence-electron chi connectivity index (χ2n) is 5.12. The van der Waals surface area contributed by atoms with Crippen molar-refractivity contribution < 1.29 is 4.79 Å². The predicted molar refractivity (Wildman–Crippen MR) is 67.2 cm³/mol. The molecule has 0 atom stereocenters. The summed E-state index contributed by atoms with van der Waals surface area (Å²) in [5, 5.41) is 2.97. The van der Waals surface area contributed by atoms with Gasteiger partial charge in [-0.1, -0.05) is 6.42 Å². The molecule has 1 aliphatic carbocycles. The van der Waals surface area contributed by atoms with E-state index in [-0.39, 0.29) is 11.3 Å². The lowest BCUT2D eigenvalue weighted by atomic mass is 9.66. The van der Waals surface area contributed by atoms with Crippen LogP contribution in [0.15, 0.2) is 18.3 Å². The summed E-state index contributed by atoms with van der Waals surface area (Å²) in [7, 11) is 1.98. The predicted octanol–water partition coefficient (Wildman–Crippen LogP) is 1.16. The Kier molecular flexibility index (Phi) is 3.52. The van der Waals surface area contributed by atoms with Crippen LogP contribution >= 0.6 is 0 Å². The van der Waals surface area contributed by atoms with Crippen molar-refractivity contribution in [3.8, 4) is 0 Å². The molecule has 94 valence electrons. The minimum absolute atomic E-state index is 0.0955. The van der Waals surface area contributed by atoms with Gasteiger partial charge in [0.2, 0.25) is 5.91 Å². The molecule has 4 heteroatoms. The van der Waals surface area contributed by atoms with Gasteiger partial charge in [-0.2, -0.15) is 0 Å². The zero-order valence-corrected chi connectivity index (χ0v) is 10.4. The summed E-state index contributed by atoms with van der Waals surface area (Å²) in [6.07, 6.45) is 5.97. The van der Waals surface area contributed by atoms with E-state index in [1.807, 2.05) is 29.9 Å². The fraction of sp³-hybridized carbons (Fsp3) is 0.615. The monoisotopic (exact) mass is 235 g/mol. The van der Waals surface area contributed by atoms with Crippen LogP contribution in [0.2, 0.25) is 0 Å². The number of aryl methyl sites for hydroxylation is 1. The van der Waals surface area contributed by atoms with E-state index in [4.69, 9.17) is 5.73 Å². The van der Waals surface area contributed by atoms with Gasteiger partial charge in [-0.25, -0.2) is 0 Å². The third kappa shape index (κ3) is 2.69. The summed E-state index contributed by atoms with van der Waals surface area (Å²) in [4.78, 5) is 11.8. The van der Waals surface area contributed by atoms with E-state index in [9.17, 15) is 4.79 Å². The average molecular weight is 235 g/mol. The summed E-state index contributed by atoms with van der Waals surface area (Å²) >= 11 is 0. The molecule has 1 aromatic rings. The highest BCUT2D eigenvalue weighted by Crippen LogP contribution is 2.42. The molecule has 0 aromatic carbocycles. The van der Waals surface area contributed by atoms with Crippen molar-refractivity contribution in [2.24, 2.45) is 18.2 Å². The maximum Gasteiger partial charge on any atom is 0.220 e. The quantitative estimate of drug-likeness (QED) is 0.804.